The molecule has 0 aliphatic rings. The van der Waals surface area contributed by atoms with Crippen LogP contribution in [-0.2, 0) is 0 Å². The Morgan fingerprint density at radius 1 is 1.09 bits per heavy atom. The standard InChI is InChI=1S/C9H20Si2/c1-9(2,3)10-7-8-11(4,5)6/h7-8H,1-6H3/b8-7+. The molecule has 0 aromatic heterocycles. The molecule has 0 nitrogen and oxygen atoms in total. The van der Waals surface area contributed by atoms with E-state index in [4.69, 9.17) is 0 Å². The van der Waals surface area contributed by atoms with Gasteiger partial charge >= 0.3 is 0 Å². The van der Waals surface area contributed by atoms with E-state index in [2.05, 4.69) is 51.8 Å². The summed E-state index contributed by atoms with van der Waals surface area (Å²) in [4.78, 5) is 0. The zero-order valence-electron chi connectivity index (χ0n) is 8.65. The quantitative estimate of drug-likeness (QED) is 0.578. The van der Waals surface area contributed by atoms with Crippen LogP contribution < -0.4 is 0 Å². The molecule has 0 aromatic rings. The lowest BCUT2D eigenvalue weighted by Crippen LogP contribution is -2.17. The van der Waals surface area contributed by atoms with E-state index in [9.17, 15) is 0 Å². The van der Waals surface area contributed by atoms with Crippen LogP contribution in [0.3, 0.4) is 0 Å². The Morgan fingerprint density at radius 2 is 1.55 bits per heavy atom. The fourth-order valence-corrected chi connectivity index (χ4v) is 3.38. The molecule has 0 aromatic carbocycles. The first kappa shape index (κ1) is 11.2. The minimum Gasteiger partial charge on any atom is -0.106 e. The average Bonchev–Trinajstić information content (AvgIpc) is 1.55. The molecule has 0 heterocycles. The van der Waals surface area contributed by atoms with Crippen molar-refractivity contribution in [2.24, 2.45) is 0 Å². The lowest BCUT2D eigenvalue weighted by Gasteiger charge is -2.15. The topological polar surface area (TPSA) is 0 Å². The van der Waals surface area contributed by atoms with E-state index in [0.717, 1.165) is 9.52 Å². The van der Waals surface area contributed by atoms with Crippen molar-refractivity contribution >= 4 is 17.6 Å². The van der Waals surface area contributed by atoms with Crippen molar-refractivity contribution in [1.29, 1.82) is 0 Å². The Morgan fingerprint density at radius 3 is 1.82 bits per heavy atom. The molecule has 0 rings (SSSR count). The van der Waals surface area contributed by atoms with Gasteiger partial charge in [0, 0.05) is 0 Å². The second-order valence-electron chi connectivity index (χ2n) is 5.09. The lowest BCUT2D eigenvalue weighted by atomic mass is 10.3. The van der Waals surface area contributed by atoms with E-state index < -0.39 is 8.07 Å². The van der Waals surface area contributed by atoms with Gasteiger partial charge in [-0.05, 0) is 5.04 Å². The molecule has 0 bridgehead atoms. The highest BCUT2D eigenvalue weighted by molar-refractivity contribution is 6.81. The smallest absolute Gasteiger partial charge is 0.0754 e. The van der Waals surface area contributed by atoms with Crippen LogP contribution in [0.1, 0.15) is 20.8 Å². The zero-order valence-corrected chi connectivity index (χ0v) is 10.7. The first-order chi connectivity index (χ1) is 4.71. The predicted octanol–water partition coefficient (Wildman–Crippen LogP) is 3.30. The molecule has 0 fully saturated rings. The lowest BCUT2D eigenvalue weighted by molar-refractivity contribution is 0.759. The summed E-state index contributed by atoms with van der Waals surface area (Å²) in [6.45, 7) is 14.0. The Hall–Kier alpha value is 0.174. The van der Waals surface area contributed by atoms with Crippen LogP contribution in [0.5, 0.6) is 0 Å². The Labute approximate surface area is 74.9 Å². The van der Waals surface area contributed by atoms with Gasteiger partial charge in [0.15, 0.2) is 0 Å². The first-order valence-electron chi connectivity index (χ1n) is 4.16. The number of hydrogen-bond acceptors (Lipinski definition) is 0. The molecule has 0 amide bonds. The van der Waals surface area contributed by atoms with Gasteiger partial charge in [-0.25, -0.2) is 0 Å². The van der Waals surface area contributed by atoms with E-state index in [1.54, 1.807) is 0 Å². The minimum atomic E-state index is -0.931. The fourth-order valence-electron chi connectivity index (χ4n) is 0.542. The van der Waals surface area contributed by atoms with Gasteiger partial charge in [-0.2, -0.15) is 0 Å². The second kappa shape index (κ2) is 3.72. The molecule has 2 heteroatoms. The van der Waals surface area contributed by atoms with Gasteiger partial charge in [0.25, 0.3) is 0 Å². The molecular weight excluding hydrogens is 164 g/mol. The number of hydrogen-bond donors (Lipinski definition) is 0. The molecule has 2 radical (unpaired) electrons. The summed E-state index contributed by atoms with van der Waals surface area (Å²) in [5.74, 6) is 0. The van der Waals surface area contributed by atoms with Crippen molar-refractivity contribution in [2.75, 3.05) is 0 Å². The van der Waals surface area contributed by atoms with Crippen LogP contribution >= 0.6 is 0 Å². The molecule has 64 valence electrons. The summed E-state index contributed by atoms with van der Waals surface area (Å²) in [6, 6.07) is 0. The maximum absolute atomic E-state index is 2.44. The van der Waals surface area contributed by atoms with Crippen LogP contribution in [0, 0.1) is 0 Å². The second-order valence-corrected chi connectivity index (χ2v) is 12.3. The third-order valence-corrected chi connectivity index (χ3v) is 3.80. The average molecular weight is 184 g/mol. The molecule has 0 saturated carbocycles. The summed E-state index contributed by atoms with van der Waals surface area (Å²) in [7, 11) is 0.0387. The third kappa shape index (κ3) is 10.2. The summed E-state index contributed by atoms with van der Waals surface area (Å²) in [5, 5.41) is 0.482. The van der Waals surface area contributed by atoms with E-state index in [1.807, 2.05) is 0 Å². The van der Waals surface area contributed by atoms with Gasteiger partial charge in [0.2, 0.25) is 0 Å². The molecule has 0 aliphatic carbocycles. The van der Waals surface area contributed by atoms with Crippen molar-refractivity contribution in [3.8, 4) is 0 Å². The summed E-state index contributed by atoms with van der Waals surface area (Å²) in [5.41, 5.74) is 4.82. The summed E-state index contributed by atoms with van der Waals surface area (Å²) < 4.78 is 0. The fraction of sp³-hybridized carbons (Fsp3) is 0.778. The molecule has 0 spiro atoms. The van der Waals surface area contributed by atoms with Crippen LogP contribution in [0.2, 0.25) is 24.7 Å². The SMILES string of the molecule is CC(C)(C)[Si]/C=C/[Si](C)(C)C. The van der Waals surface area contributed by atoms with Crippen LogP contribution in [0.15, 0.2) is 11.4 Å². The van der Waals surface area contributed by atoms with E-state index in [0.29, 0.717) is 5.04 Å². The molecular formula is C9H20Si2. The van der Waals surface area contributed by atoms with Gasteiger partial charge in [0.05, 0.1) is 17.6 Å². The van der Waals surface area contributed by atoms with Gasteiger partial charge in [0.1, 0.15) is 0 Å². The van der Waals surface area contributed by atoms with Gasteiger partial charge in [-0.1, -0.05) is 40.4 Å². The van der Waals surface area contributed by atoms with Crippen molar-refractivity contribution in [2.45, 2.75) is 45.5 Å². The Kier molecular flexibility index (Phi) is 3.78. The zero-order chi connectivity index (χ0) is 9.12. The highest BCUT2D eigenvalue weighted by atomic mass is 28.3. The molecule has 0 N–H and O–H groups in total. The predicted molar refractivity (Wildman–Crippen MR) is 58.0 cm³/mol. The molecule has 0 atom stereocenters. The van der Waals surface area contributed by atoms with Gasteiger partial charge in [-0.15, -0.1) is 11.4 Å². The molecule has 0 aliphatic heterocycles. The molecule has 0 unspecified atom stereocenters. The maximum atomic E-state index is 2.44. The van der Waals surface area contributed by atoms with E-state index in [1.165, 1.54) is 0 Å². The van der Waals surface area contributed by atoms with Gasteiger partial charge < -0.3 is 0 Å². The third-order valence-electron chi connectivity index (χ3n) is 1.10. The Bertz CT molecular complexity index is 135. The van der Waals surface area contributed by atoms with Crippen molar-refractivity contribution in [3.05, 3.63) is 11.4 Å². The Balaban J connectivity index is 3.80. The maximum Gasteiger partial charge on any atom is 0.0754 e. The molecule has 11 heavy (non-hydrogen) atoms. The van der Waals surface area contributed by atoms with Crippen molar-refractivity contribution < 1.29 is 0 Å². The van der Waals surface area contributed by atoms with Crippen molar-refractivity contribution in [1.82, 2.24) is 0 Å². The summed E-state index contributed by atoms with van der Waals surface area (Å²) in [6.07, 6.45) is 0. The van der Waals surface area contributed by atoms with Crippen LogP contribution in [0.4, 0.5) is 0 Å². The highest BCUT2D eigenvalue weighted by Gasteiger charge is 2.11. The first-order valence-corrected chi connectivity index (χ1v) is 8.82. The van der Waals surface area contributed by atoms with Crippen molar-refractivity contribution in [3.63, 3.8) is 0 Å². The normalized spacial score (nSPS) is 14.4. The van der Waals surface area contributed by atoms with Crippen LogP contribution in [-0.4, -0.2) is 17.6 Å². The molecule has 0 saturated heterocycles. The summed E-state index contributed by atoms with van der Waals surface area (Å²) >= 11 is 0. The number of rotatable bonds is 2. The van der Waals surface area contributed by atoms with E-state index >= 15 is 0 Å². The van der Waals surface area contributed by atoms with Gasteiger partial charge in [-0.3, -0.25) is 0 Å². The highest BCUT2D eigenvalue weighted by Crippen LogP contribution is 2.20. The van der Waals surface area contributed by atoms with Crippen LogP contribution in [0.25, 0.3) is 0 Å². The largest absolute Gasteiger partial charge is 0.106 e. The van der Waals surface area contributed by atoms with E-state index in [-0.39, 0.29) is 0 Å². The monoisotopic (exact) mass is 184 g/mol. The minimum absolute atomic E-state index is 0.482.